The number of anilines is 3. The van der Waals surface area contributed by atoms with Gasteiger partial charge in [-0.3, -0.25) is 19.5 Å². The van der Waals surface area contributed by atoms with Gasteiger partial charge in [-0.2, -0.15) is 13.2 Å². The summed E-state index contributed by atoms with van der Waals surface area (Å²) < 4.78 is 40.7. The summed E-state index contributed by atoms with van der Waals surface area (Å²) in [7, 11) is 0. The third kappa shape index (κ3) is 5.89. The van der Waals surface area contributed by atoms with E-state index in [-0.39, 0.29) is 47.7 Å². The standard InChI is InChI=1S/C27H29F3N6O3/c1-14(2)18-9-4-5-10-19(18)33-26(39)35-23-21(32-13-16-7-6-8-17(12-16)27(28,29)30)25(38)36-20(22(31)37)11-15(3)24(36)34-23/h4-10,12,14-15,20,32H,11,13H2,1-3H3,(H2,31,37)(H2,33,35,39). The molecule has 2 aromatic carbocycles. The van der Waals surface area contributed by atoms with Crippen molar-refractivity contribution in [1.29, 1.82) is 0 Å². The Bertz CT molecular complexity index is 1470. The number of nitrogens with one attached hydrogen (secondary N) is 3. The fourth-order valence-corrected chi connectivity index (χ4v) is 4.66. The zero-order chi connectivity index (χ0) is 28.5. The topological polar surface area (TPSA) is 131 Å². The van der Waals surface area contributed by atoms with E-state index in [0.717, 1.165) is 17.7 Å². The van der Waals surface area contributed by atoms with E-state index < -0.39 is 35.3 Å². The Morgan fingerprint density at radius 1 is 1.13 bits per heavy atom. The van der Waals surface area contributed by atoms with Crippen LogP contribution in [0.5, 0.6) is 0 Å². The van der Waals surface area contributed by atoms with Crippen molar-refractivity contribution in [2.24, 2.45) is 5.73 Å². The van der Waals surface area contributed by atoms with Gasteiger partial charge in [-0.15, -0.1) is 0 Å². The number of nitrogens with zero attached hydrogens (tertiary/aromatic N) is 2. The number of nitrogens with two attached hydrogens (primary N) is 1. The lowest BCUT2D eigenvalue weighted by Gasteiger charge is -2.18. The maximum Gasteiger partial charge on any atom is 0.416 e. The van der Waals surface area contributed by atoms with Crippen LogP contribution in [0.3, 0.4) is 0 Å². The molecule has 2 heterocycles. The molecule has 1 aliphatic rings. The minimum absolute atomic E-state index is 0.116. The van der Waals surface area contributed by atoms with Gasteiger partial charge in [-0.25, -0.2) is 9.78 Å². The number of urea groups is 1. The third-order valence-electron chi connectivity index (χ3n) is 6.59. The minimum atomic E-state index is -4.54. The molecule has 12 heteroatoms. The van der Waals surface area contributed by atoms with Crippen molar-refractivity contribution < 1.29 is 22.8 Å². The van der Waals surface area contributed by atoms with Crippen LogP contribution in [0.1, 0.15) is 67.6 Å². The lowest BCUT2D eigenvalue weighted by atomic mass is 10.0. The van der Waals surface area contributed by atoms with Crippen LogP contribution in [0.15, 0.2) is 53.3 Å². The Morgan fingerprint density at radius 2 is 1.85 bits per heavy atom. The van der Waals surface area contributed by atoms with Crippen LogP contribution in [0, 0.1) is 0 Å². The Kier molecular flexibility index (Phi) is 7.66. The van der Waals surface area contributed by atoms with Crippen LogP contribution in [0.25, 0.3) is 0 Å². The van der Waals surface area contributed by atoms with Crippen molar-refractivity contribution in [3.8, 4) is 0 Å². The molecule has 0 saturated heterocycles. The van der Waals surface area contributed by atoms with Gasteiger partial charge in [0.05, 0.1) is 5.56 Å². The number of alkyl halides is 3. The van der Waals surface area contributed by atoms with E-state index in [1.54, 1.807) is 19.1 Å². The first-order chi connectivity index (χ1) is 18.4. The second-order valence-corrected chi connectivity index (χ2v) is 9.80. The molecular formula is C27H29F3N6O3. The first kappa shape index (κ1) is 27.7. The molecule has 5 N–H and O–H groups in total. The minimum Gasteiger partial charge on any atom is -0.373 e. The molecule has 1 aliphatic heterocycles. The summed E-state index contributed by atoms with van der Waals surface area (Å²) in [6.07, 6.45) is -4.28. The predicted octanol–water partition coefficient (Wildman–Crippen LogP) is 5.18. The number of primary amides is 1. The van der Waals surface area contributed by atoms with Crippen LogP contribution < -0.4 is 27.2 Å². The molecule has 2 unspecified atom stereocenters. The van der Waals surface area contributed by atoms with E-state index in [1.807, 2.05) is 26.0 Å². The maximum absolute atomic E-state index is 13.6. The number of hydrogen-bond acceptors (Lipinski definition) is 5. The van der Waals surface area contributed by atoms with Gasteiger partial charge >= 0.3 is 12.2 Å². The molecule has 0 radical (unpaired) electrons. The lowest BCUT2D eigenvalue weighted by molar-refractivity contribution is -0.137. The molecule has 39 heavy (non-hydrogen) atoms. The number of halogens is 3. The molecule has 3 amide bonds. The zero-order valence-electron chi connectivity index (χ0n) is 21.6. The third-order valence-corrected chi connectivity index (χ3v) is 6.59. The average Bonchev–Trinajstić information content (AvgIpc) is 3.20. The van der Waals surface area contributed by atoms with E-state index in [4.69, 9.17) is 5.73 Å². The molecule has 9 nitrogen and oxygen atoms in total. The van der Waals surface area contributed by atoms with Crippen LogP contribution >= 0.6 is 0 Å². The van der Waals surface area contributed by atoms with Gasteiger partial charge in [0.2, 0.25) is 5.91 Å². The van der Waals surface area contributed by atoms with E-state index in [2.05, 4.69) is 20.9 Å². The quantitative estimate of drug-likeness (QED) is 0.327. The number of hydrogen-bond donors (Lipinski definition) is 4. The SMILES string of the molecule is CC(C)c1ccccc1NC(=O)Nc1nc2n(c(=O)c1NCc1cccc(C(F)(F)F)c1)C(C(N)=O)CC2C. The van der Waals surface area contributed by atoms with Crippen LogP contribution in [0.4, 0.5) is 35.2 Å². The molecule has 2 atom stereocenters. The van der Waals surface area contributed by atoms with Crippen molar-refractivity contribution >= 4 is 29.1 Å². The molecule has 3 aromatic rings. The molecule has 0 aliphatic carbocycles. The van der Waals surface area contributed by atoms with Crippen LogP contribution in [-0.2, 0) is 17.5 Å². The summed E-state index contributed by atoms with van der Waals surface area (Å²) >= 11 is 0. The maximum atomic E-state index is 13.6. The molecular weight excluding hydrogens is 513 g/mol. The summed E-state index contributed by atoms with van der Waals surface area (Å²) in [4.78, 5) is 43.1. The number of para-hydroxylation sites is 1. The van der Waals surface area contributed by atoms with E-state index in [0.29, 0.717) is 5.69 Å². The summed E-state index contributed by atoms with van der Waals surface area (Å²) in [5.41, 5.74) is 5.56. The van der Waals surface area contributed by atoms with Gasteiger partial charge in [0.25, 0.3) is 5.56 Å². The highest BCUT2D eigenvalue weighted by Crippen LogP contribution is 2.35. The molecule has 206 valence electrons. The molecule has 1 aromatic heterocycles. The highest BCUT2D eigenvalue weighted by molar-refractivity contribution is 6.01. The lowest BCUT2D eigenvalue weighted by Crippen LogP contribution is -2.35. The normalized spacial score (nSPS) is 16.6. The van der Waals surface area contributed by atoms with E-state index in [9.17, 15) is 27.6 Å². The van der Waals surface area contributed by atoms with Crippen molar-refractivity contribution in [3.63, 3.8) is 0 Å². The van der Waals surface area contributed by atoms with Crippen molar-refractivity contribution in [3.05, 3.63) is 81.4 Å². The van der Waals surface area contributed by atoms with Crippen LogP contribution in [-0.4, -0.2) is 21.5 Å². The van der Waals surface area contributed by atoms with Crippen molar-refractivity contribution in [2.45, 2.75) is 57.8 Å². The van der Waals surface area contributed by atoms with Crippen molar-refractivity contribution in [1.82, 2.24) is 9.55 Å². The molecule has 0 spiro atoms. The monoisotopic (exact) mass is 542 g/mol. The van der Waals surface area contributed by atoms with Gasteiger partial charge in [0, 0.05) is 18.2 Å². The van der Waals surface area contributed by atoms with Crippen LogP contribution in [0.2, 0.25) is 0 Å². The Hall–Kier alpha value is -4.35. The fraction of sp³-hybridized carbons (Fsp3) is 0.333. The largest absolute Gasteiger partial charge is 0.416 e. The number of carbonyl (C=O) groups excluding carboxylic acids is 2. The van der Waals surface area contributed by atoms with E-state index >= 15 is 0 Å². The number of benzene rings is 2. The molecule has 0 bridgehead atoms. The smallest absolute Gasteiger partial charge is 0.373 e. The van der Waals surface area contributed by atoms with Crippen molar-refractivity contribution in [2.75, 3.05) is 16.0 Å². The van der Waals surface area contributed by atoms with Gasteiger partial charge in [-0.1, -0.05) is 51.1 Å². The zero-order valence-corrected chi connectivity index (χ0v) is 21.6. The first-order valence-electron chi connectivity index (χ1n) is 12.4. The van der Waals surface area contributed by atoms with Gasteiger partial charge in [-0.05, 0) is 41.7 Å². The Balaban J connectivity index is 1.70. The molecule has 0 fully saturated rings. The number of rotatable bonds is 7. The molecule has 0 saturated carbocycles. The van der Waals surface area contributed by atoms with Gasteiger partial charge in [0.15, 0.2) is 5.82 Å². The average molecular weight is 543 g/mol. The summed E-state index contributed by atoms with van der Waals surface area (Å²) in [6, 6.07) is 10.3. The fourth-order valence-electron chi connectivity index (χ4n) is 4.66. The molecule has 4 rings (SSSR count). The summed E-state index contributed by atoms with van der Waals surface area (Å²) in [6.45, 7) is 5.56. The number of aromatic nitrogens is 2. The summed E-state index contributed by atoms with van der Waals surface area (Å²) in [5, 5.41) is 8.19. The number of carbonyl (C=O) groups is 2. The Morgan fingerprint density at radius 3 is 2.51 bits per heavy atom. The van der Waals surface area contributed by atoms with Gasteiger partial charge in [0.1, 0.15) is 17.6 Å². The van der Waals surface area contributed by atoms with Gasteiger partial charge < -0.3 is 16.4 Å². The number of amides is 3. The highest BCUT2D eigenvalue weighted by Gasteiger charge is 2.36. The predicted molar refractivity (Wildman–Crippen MR) is 142 cm³/mol. The second-order valence-electron chi connectivity index (χ2n) is 9.80. The summed E-state index contributed by atoms with van der Waals surface area (Å²) in [5.74, 6) is -0.739. The second kappa shape index (κ2) is 10.8. The first-order valence-corrected chi connectivity index (χ1v) is 12.4. The Labute approximate surface area is 222 Å². The number of fused-ring (bicyclic) bond motifs is 1. The highest BCUT2D eigenvalue weighted by atomic mass is 19.4. The van der Waals surface area contributed by atoms with E-state index in [1.165, 1.54) is 16.7 Å².